The lowest BCUT2D eigenvalue weighted by molar-refractivity contribution is 0.653. The molecule has 0 radical (unpaired) electrons. The topological polar surface area (TPSA) is 55.1 Å². The number of aryl methyl sites for hydroxylation is 1. The molecule has 0 fully saturated rings. The van der Waals surface area contributed by atoms with Crippen LogP contribution < -0.4 is 5.32 Å². The molecule has 0 saturated heterocycles. The number of aromatic nitrogens is 4. The van der Waals surface area contributed by atoms with E-state index in [2.05, 4.69) is 31.1 Å². The van der Waals surface area contributed by atoms with Crippen molar-refractivity contribution >= 4 is 16.3 Å². The van der Waals surface area contributed by atoms with E-state index in [0.717, 1.165) is 22.9 Å². The van der Waals surface area contributed by atoms with E-state index in [0.29, 0.717) is 6.54 Å². The SMILES string of the molecule is Cc1nc2sccn2c1CNCc1cccnn1. The monoisotopic (exact) mass is 259 g/mol. The zero-order valence-corrected chi connectivity index (χ0v) is 10.8. The maximum absolute atomic E-state index is 4.51. The van der Waals surface area contributed by atoms with Gasteiger partial charge in [-0.3, -0.25) is 4.40 Å². The first-order valence-corrected chi connectivity index (χ1v) is 6.61. The van der Waals surface area contributed by atoms with Crippen LogP contribution in [0, 0.1) is 6.92 Å². The minimum atomic E-state index is 0.713. The molecular weight excluding hydrogens is 246 g/mol. The quantitative estimate of drug-likeness (QED) is 0.776. The zero-order chi connectivity index (χ0) is 12.4. The van der Waals surface area contributed by atoms with Crippen molar-refractivity contribution in [2.45, 2.75) is 20.0 Å². The molecule has 0 aromatic carbocycles. The Balaban J connectivity index is 1.70. The fourth-order valence-corrected chi connectivity index (χ4v) is 2.67. The molecule has 0 bridgehead atoms. The van der Waals surface area contributed by atoms with Crippen LogP contribution in [0.4, 0.5) is 0 Å². The molecule has 3 aromatic rings. The third-order valence-corrected chi connectivity index (χ3v) is 3.54. The second kappa shape index (κ2) is 4.83. The molecule has 0 spiro atoms. The van der Waals surface area contributed by atoms with Crippen LogP contribution in [-0.4, -0.2) is 19.6 Å². The molecule has 1 N–H and O–H groups in total. The van der Waals surface area contributed by atoms with Crippen molar-refractivity contribution in [3.63, 3.8) is 0 Å². The van der Waals surface area contributed by atoms with Crippen molar-refractivity contribution < 1.29 is 0 Å². The van der Waals surface area contributed by atoms with Crippen LogP contribution in [0.3, 0.4) is 0 Å². The molecule has 0 aliphatic carbocycles. The third kappa shape index (κ3) is 2.12. The number of imidazole rings is 1. The summed E-state index contributed by atoms with van der Waals surface area (Å²) in [5.41, 5.74) is 3.23. The van der Waals surface area contributed by atoms with Crippen LogP contribution >= 0.6 is 11.3 Å². The van der Waals surface area contributed by atoms with Crippen LogP contribution in [0.1, 0.15) is 17.1 Å². The van der Waals surface area contributed by atoms with E-state index in [1.807, 2.05) is 24.4 Å². The molecule has 0 aliphatic rings. The summed E-state index contributed by atoms with van der Waals surface area (Å²) in [6, 6.07) is 3.86. The number of fused-ring (bicyclic) bond motifs is 1. The first-order valence-electron chi connectivity index (χ1n) is 5.73. The van der Waals surface area contributed by atoms with Crippen molar-refractivity contribution in [3.05, 3.63) is 47.0 Å². The Bertz CT molecular complexity index is 643. The Morgan fingerprint density at radius 2 is 2.33 bits per heavy atom. The smallest absolute Gasteiger partial charge is 0.194 e. The highest BCUT2D eigenvalue weighted by Gasteiger charge is 2.08. The highest BCUT2D eigenvalue weighted by molar-refractivity contribution is 7.15. The van der Waals surface area contributed by atoms with Crippen molar-refractivity contribution in [1.29, 1.82) is 0 Å². The molecule has 0 atom stereocenters. The molecule has 5 nitrogen and oxygen atoms in total. The highest BCUT2D eigenvalue weighted by Crippen LogP contribution is 2.16. The summed E-state index contributed by atoms with van der Waals surface area (Å²) in [5.74, 6) is 0. The Morgan fingerprint density at radius 3 is 3.17 bits per heavy atom. The molecule has 0 saturated carbocycles. The van der Waals surface area contributed by atoms with Crippen LogP contribution in [0.15, 0.2) is 29.9 Å². The summed E-state index contributed by atoms with van der Waals surface area (Å²) in [7, 11) is 0. The van der Waals surface area contributed by atoms with E-state index in [4.69, 9.17) is 0 Å². The predicted octanol–water partition coefficient (Wildman–Crippen LogP) is 1.78. The van der Waals surface area contributed by atoms with Crippen LogP contribution in [-0.2, 0) is 13.1 Å². The van der Waals surface area contributed by atoms with Gasteiger partial charge in [0, 0.05) is 30.9 Å². The second-order valence-electron chi connectivity index (χ2n) is 4.02. The first kappa shape index (κ1) is 11.3. The minimum Gasteiger partial charge on any atom is -0.305 e. The van der Waals surface area contributed by atoms with E-state index < -0.39 is 0 Å². The average molecular weight is 259 g/mol. The average Bonchev–Trinajstić information content (AvgIpc) is 2.93. The molecule has 0 unspecified atom stereocenters. The van der Waals surface area contributed by atoms with Gasteiger partial charge >= 0.3 is 0 Å². The van der Waals surface area contributed by atoms with E-state index >= 15 is 0 Å². The largest absolute Gasteiger partial charge is 0.305 e. The van der Waals surface area contributed by atoms with Crippen molar-refractivity contribution in [3.8, 4) is 0 Å². The van der Waals surface area contributed by atoms with Gasteiger partial charge in [-0.15, -0.1) is 11.3 Å². The number of nitrogens with zero attached hydrogens (tertiary/aromatic N) is 4. The maximum Gasteiger partial charge on any atom is 0.194 e. The summed E-state index contributed by atoms with van der Waals surface area (Å²) in [5, 5.41) is 13.3. The van der Waals surface area contributed by atoms with Gasteiger partial charge in [-0.1, -0.05) is 0 Å². The summed E-state index contributed by atoms with van der Waals surface area (Å²) in [4.78, 5) is 5.56. The van der Waals surface area contributed by atoms with E-state index in [1.165, 1.54) is 5.69 Å². The van der Waals surface area contributed by atoms with Crippen molar-refractivity contribution in [2.75, 3.05) is 0 Å². The number of rotatable bonds is 4. The molecule has 6 heteroatoms. The molecule has 0 aliphatic heterocycles. The number of hydrogen-bond donors (Lipinski definition) is 1. The third-order valence-electron chi connectivity index (χ3n) is 2.79. The van der Waals surface area contributed by atoms with E-state index in [9.17, 15) is 0 Å². The molecular formula is C12H13N5S. The van der Waals surface area contributed by atoms with Crippen molar-refractivity contribution in [2.24, 2.45) is 0 Å². The summed E-state index contributed by atoms with van der Waals surface area (Å²) < 4.78 is 2.13. The van der Waals surface area contributed by atoms with Gasteiger partial charge < -0.3 is 5.32 Å². The molecule has 92 valence electrons. The first-order chi connectivity index (χ1) is 8.84. The maximum atomic E-state index is 4.51. The predicted molar refractivity (Wildman–Crippen MR) is 70.4 cm³/mol. The highest BCUT2D eigenvalue weighted by atomic mass is 32.1. The number of thiazole rings is 1. The lowest BCUT2D eigenvalue weighted by atomic mass is 10.3. The van der Waals surface area contributed by atoms with Crippen molar-refractivity contribution in [1.82, 2.24) is 24.9 Å². The fourth-order valence-electron chi connectivity index (χ4n) is 1.89. The van der Waals surface area contributed by atoms with Gasteiger partial charge in [-0.05, 0) is 19.1 Å². The zero-order valence-electron chi connectivity index (χ0n) is 10.00. The molecule has 0 amide bonds. The molecule has 3 heterocycles. The Morgan fingerprint density at radius 1 is 1.39 bits per heavy atom. The molecule has 3 aromatic heterocycles. The van der Waals surface area contributed by atoms with Crippen LogP contribution in [0.25, 0.3) is 4.96 Å². The van der Waals surface area contributed by atoms with Gasteiger partial charge in [0.25, 0.3) is 0 Å². The second-order valence-corrected chi connectivity index (χ2v) is 4.89. The van der Waals surface area contributed by atoms with Crippen LogP contribution in [0.2, 0.25) is 0 Å². The molecule has 3 rings (SSSR count). The van der Waals surface area contributed by atoms with Crippen LogP contribution in [0.5, 0.6) is 0 Å². The van der Waals surface area contributed by atoms with Gasteiger partial charge in [-0.25, -0.2) is 4.98 Å². The standard InChI is InChI=1S/C12H13N5S/c1-9-11(17-5-6-18-12(17)15-9)8-13-7-10-3-2-4-14-16-10/h2-6,13H,7-8H2,1H3. The summed E-state index contributed by atoms with van der Waals surface area (Å²) in [6.07, 6.45) is 3.73. The van der Waals surface area contributed by atoms with Gasteiger partial charge in [0.15, 0.2) is 4.96 Å². The van der Waals surface area contributed by atoms with Gasteiger partial charge in [-0.2, -0.15) is 10.2 Å². The van der Waals surface area contributed by atoms with E-state index in [-0.39, 0.29) is 0 Å². The van der Waals surface area contributed by atoms with Gasteiger partial charge in [0.1, 0.15) is 0 Å². The Kier molecular flexibility index (Phi) is 3.04. The van der Waals surface area contributed by atoms with E-state index in [1.54, 1.807) is 17.5 Å². The lowest BCUT2D eigenvalue weighted by Gasteiger charge is -2.04. The normalized spacial score (nSPS) is 11.2. The van der Waals surface area contributed by atoms with Gasteiger partial charge in [0.2, 0.25) is 0 Å². The number of hydrogen-bond acceptors (Lipinski definition) is 5. The summed E-state index contributed by atoms with van der Waals surface area (Å²) >= 11 is 1.65. The Labute approximate surface area is 109 Å². The Hall–Kier alpha value is -1.79. The fraction of sp³-hybridized carbons (Fsp3) is 0.250. The minimum absolute atomic E-state index is 0.713. The van der Waals surface area contributed by atoms with Gasteiger partial charge in [0.05, 0.1) is 17.1 Å². The lowest BCUT2D eigenvalue weighted by Crippen LogP contribution is -2.15. The summed E-state index contributed by atoms with van der Waals surface area (Å²) in [6.45, 7) is 3.53. The number of nitrogens with one attached hydrogen (secondary N) is 1. The molecule has 18 heavy (non-hydrogen) atoms.